The van der Waals surface area contributed by atoms with Crippen molar-refractivity contribution in [2.24, 2.45) is 0 Å². The van der Waals surface area contributed by atoms with Crippen LogP contribution in [-0.4, -0.2) is 51.1 Å². The number of benzene rings is 3. The van der Waals surface area contributed by atoms with Crippen molar-refractivity contribution in [1.29, 1.82) is 5.26 Å². The Morgan fingerprint density at radius 3 is 2.16 bits per heavy atom. The van der Waals surface area contributed by atoms with Gasteiger partial charge in [-0.25, -0.2) is 30.5 Å². The number of hydrogen-bond acceptors (Lipinski definition) is 8. The molecule has 0 saturated heterocycles. The standard InChI is InChI=1S/C25H20FN3O6S2/c1-36(31,32)23-18(15-27)21-22(20(26)19(23)17-11-7-4-8-12-17)35-24(28-21)25(30)29(37(2,33)34)14-13-16-9-5-3-6-10-16/h3-12H,13-14H2,1-2H3. The molecule has 0 aliphatic carbocycles. The second-order valence-corrected chi connectivity index (χ2v) is 12.1. The van der Waals surface area contributed by atoms with Gasteiger partial charge in [0.15, 0.2) is 21.2 Å². The number of nitrogens with zero attached hydrogens (tertiary/aromatic N) is 3. The van der Waals surface area contributed by atoms with Crippen molar-refractivity contribution >= 4 is 36.9 Å². The first-order valence-corrected chi connectivity index (χ1v) is 14.5. The molecule has 0 spiro atoms. The van der Waals surface area contributed by atoms with Crippen LogP contribution in [0.3, 0.4) is 0 Å². The summed E-state index contributed by atoms with van der Waals surface area (Å²) in [5.41, 5.74) is -1.14. The Labute approximate surface area is 212 Å². The van der Waals surface area contributed by atoms with Crippen LogP contribution in [0, 0.1) is 17.1 Å². The van der Waals surface area contributed by atoms with Gasteiger partial charge in [0.25, 0.3) is 5.89 Å². The summed E-state index contributed by atoms with van der Waals surface area (Å²) in [5, 5.41) is 9.83. The fraction of sp³-hybridized carbons (Fsp3) is 0.160. The molecular weight excluding hydrogens is 521 g/mol. The largest absolute Gasteiger partial charge is 0.429 e. The van der Waals surface area contributed by atoms with E-state index in [-0.39, 0.29) is 18.5 Å². The Bertz CT molecular complexity index is 1760. The number of fused-ring (bicyclic) bond motifs is 1. The average molecular weight is 542 g/mol. The number of sulfonamides is 1. The fourth-order valence-electron chi connectivity index (χ4n) is 3.91. The number of carbonyl (C=O) groups is 1. The molecule has 1 aromatic heterocycles. The van der Waals surface area contributed by atoms with E-state index < -0.39 is 64.6 Å². The lowest BCUT2D eigenvalue weighted by molar-refractivity contribution is 0.0828. The molecule has 0 aliphatic rings. The van der Waals surface area contributed by atoms with E-state index >= 15 is 4.39 Å². The molecule has 0 unspecified atom stereocenters. The van der Waals surface area contributed by atoms with E-state index in [0.717, 1.165) is 18.1 Å². The summed E-state index contributed by atoms with van der Waals surface area (Å²) in [7, 11) is -8.26. The molecule has 1 amide bonds. The Balaban J connectivity index is 1.90. The highest BCUT2D eigenvalue weighted by Crippen LogP contribution is 2.39. The fourth-order valence-corrected chi connectivity index (χ4v) is 5.81. The second kappa shape index (κ2) is 9.76. The quantitative estimate of drug-likeness (QED) is 0.346. The van der Waals surface area contributed by atoms with Crippen LogP contribution >= 0.6 is 0 Å². The van der Waals surface area contributed by atoms with Gasteiger partial charge in [-0.1, -0.05) is 60.7 Å². The van der Waals surface area contributed by atoms with Gasteiger partial charge in [0.1, 0.15) is 17.1 Å². The van der Waals surface area contributed by atoms with E-state index in [1.165, 1.54) is 12.1 Å². The minimum Gasteiger partial charge on any atom is -0.429 e. The highest BCUT2D eigenvalue weighted by Gasteiger charge is 2.34. The number of aromatic nitrogens is 1. The first-order chi connectivity index (χ1) is 17.4. The molecule has 4 rings (SSSR count). The number of hydrogen-bond donors (Lipinski definition) is 0. The number of sulfone groups is 1. The van der Waals surface area contributed by atoms with Gasteiger partial charge in [-0.05, 0) is 17.5 Å². The zero-order chi connectivity index (χ0) is 27.0. The second-order valence-electron chi connectivity index (χ2n) is 8.22. The maximum atomic E-state index is 15.8. The van der Waals surface area contributed by atoms with Crippen LogP contribution in [0.15, 0.2) is 70.0 Å². The molecule has 0 aliphatic heterocycles. The van der Waals surface area contributed by atoms with E-state index in [0.29, 0.717) is 4.31 Å². The van der Waals surface area contributed by atoms with Crippen molar-refractivity contribution in [2.75, 3.05) is 19.1 Å². The zero-order valence-corrected chi connectivity index (χ0v) is 21.3. The Kier molecular flexibility index (Phi) is 6.86. The van der Waals surface area contributed by atoms with Gasteiger partial charge >= 0.3 is 5.91 Å². The monoisotopic (exact) mass is 541 g/mol. The first kappa shape index (κ1) is 26.0. The molecule has 0 N–H and O–H groups in total. The van der Waals surface area contributed by atoms with Crippen molar-refractivity contribution in [2.45, 2.75) is 11.3 Å². The molecule has 0 bridgehead atoms. The Morgan fingerprint density at radius 1 is 1.03 bits per heavy atom. The van der Waals surface area contributed by atoms with Gasteiger partial charge in [0.2, 0.25) is 10.0 Å². The highest BCUT2D eigenvalue weighted by atomic mass is 32.2. The van der Waals surface area contributed by atoms with E-state index in [4.69, 9.17) is 4.42 Å². The summed E-state index contributed by atoms with van der Waals surface area (Å²) >= 11 is 0. The van der Waals surface area contributed by atoms with Crippen LogP contribution in [0.25, 0.3) is 22.2 Å². The topological polar surface area (TPSA) is 138 Å². The van der Waals surface area contributed by atoms with E-state index in [1.54, 1.807) is 54.6 Å². The summed E-state index contributed by atoms with van der Waals surface area (Å²) in [6.45, 7) is -0.252. The van der Waals surface area contributed by atoms with E-state index in [1.807, 2.05) is 0 Å². The third-order valence-electron chi connectivity index (χ3n) is 5.54. The van der Waals surface area contributed by atoms with Crippen molar-refractivity contribution in [3.63, 3.8) is 0 Å². The highest BCUT2D eigenvalue weighted by molar-refractivity contribution is 7.91. The molecular formula is C25H20FN3O6S2. The van der Waals surface area contributed by atoms with Crippen molar-refractivity contribution in [1.82, 2.24) is 9.29 Å². The summed E-state index contributed by atoms with van der Waals surface area (Å²) in [4.78, 5) is 16.5. The molecule has 1 heterocycles. The van der Waals surface area contributed by atoms with Crippen molar-refractivity contribution in [3.8, 4) is 17.2 Å². The van der Waals surface area contributed by atoms with Crippen LogP contribution in [0.2, 0.25) is 0 Å². The number of nitriles is 1. The van der Waals surface area contributed by atoms with Gasteiger partial charge in [0, 0.05) is 18.4 Å². The van der Waals surface area contributed by atoms with Crippen LogP contribution in [0.1, 0.15) is 21.8 Å². The predicted octanol–water partition coefficient (Wildman–Crippen LogP) is 3.55. The molecule has 4 aromatic rings. The molecule has 3 aromatic carbocycles. The summed E-state index contributed by atoms with van der Waals surface area (Å²) in [6.07, 6.45) is 1.84. The maximum absolute atomic E-state index is 15.8. The molecule has 0 saturated carbocycles. The van der Waals surface area contributed by atoms with E-state index in [9.17, 15) is 26.9 Å². The normalized spacial score (nSPS) is 11.8. The molecule has 190 valence electrons. The molecule has 0 fully saturated rings. The van der Waals surface area contributed by atoms with E-state index in [2.05, 4.69) is 4.98 Å². The van der Waals surface area contributed by atoms with Gasteiger partial charge in [0.05, 0.1) is 11.2 Å². The lowest BCUT2D eigenvalue weighted by Gasteiger charge is -2.18. The number of rotatable bonds is 7. The van der Waals surface area contributed by atoms with Gasteiger partial charge in [-0.15, -0.1) is 0 Å². The third-order valence-corrected chi connectivity index (χ3v) is 7.84. The van der Waals surface area contributed by atoms with Crippen LogP contribution in [-0.2, 0) is 26.3 Å². The molecule has 37 heavy (non-hydrogen) atoms. The third kappa shape index (κ3) is 5.09. The number of oxazole rings is 1. The minimum atomic E-state index is -4.16. The molecule has 9 nitrogen and oxygen atoms in total. The number of halogens is 1. The van der Waals surface area contributed by atoms with Gasteiger partial charge < -0.3 is 4.42 Å². The Morgan fingerprint density at radius 2 is 1.62 bits per heavy atom. The minimum absolute atomic E-state index is 0.156. The average Bonchev–Trinajstić information content (AvgIpc) is 3.30. The van der Waals surface area contributed by atoms with Gasteiger partial charge in [-0.2, -0.15) is 5.26 Å². The number of amides is 1. The SMILES string of the molecule is CS(=O)(=O)c1c(-c2ccccc2)c(F)c2oc(C(=O)N(CCc3ccccc3)S(C)(=O)=O)nc2c1C#N. The molecule has 0 atom stereocenters. The van der Waals surface area contributed by atoms with Crippen molar-refractivity contribution < 1.29 is 30.4 Å². The van der Waals surface area contributed by atoms with Crippen LogP contribution < -0.4 is 0 Å². The summed E-state index contributed by atoms with van der Waals surface area (Å²) in [5.74, 6) is -3.13. The lowest BCUT2D eigenvalue weighted by atomic mass is 10.0. The lowest BCUT2D eigenvalue weighted by Crippen LogP contribution is -2.37. The smallest absolute Gasteiger partial charge is 0.323 e. The van der Waals surface area contributed by atoms with Crippen LogP contribution in [0.4, 0.5) is 4.39 Å². The molecule has 0 radical (unpaired) electrons. The zero-order valence-electron chi connectivity index (χ0n) is 19.7. The first-order valence-electron chi connectivity index (χ1n) is 10.8. The number of carbonyl (C=O) groups excluding carboxylic acids is 1. The van der Waals surface area contributed by atoms with Crippen molar-refractivity contribution in [3.05, 3.63) is 83.5 Å². The molecule has 12 heteroatoms. The summed E-state index contributed by atoms with van der Waals surface area (Å²) < 4.78 is 71.9. The maximum Gasteiger partial charge on any atom is 0.323 e. The summed E-state index contributed by atoms with van der Waals surface area (Å²) in [6, 6.07) is 18.2. The predicted molar refractivity (Wildman–Crippen MR) is 133 cm³/mol. The van der Waals surface area contributed by atoms with Gasteiger partial charge in [-0.3, -0.25) is 4.79 Å². The van der Waals surface area contributed by atoms with Crippen LogP contribution in [0.5, 0.6) is 0 Å². The Hall–Kier alpha value is -4.08.